The first-order chi connectivity index (χ1) is 11.6. The van der Waals surface area contributed by atoms with E-state index in [0.717, 1.165) is 41.6 Å². The van der Waals surface area contributed by atoms with Gasteiger partial charge in [-0.15, -0.1) is 11.3 Å². The Balaban J connectivity index is 1.55. The Morgan fingerprint density at radius 2 is 2.12 bits per heavy atom. The van der Waals surface area contributed by atoms with E-state index >= 15 is 0 Å². The lowest BCUT2D eigenvalue weighted by molar-refractivity contribution is -0.115. The molecular weight excluding hydrogens is 342 g/mol. The minimum Gasteiger partial charge on any atom is -0.325 e. The van der Waals surface area contributed by atoms with Crippen LogP contribution in [0, 0.1) is 6.92 Å². The number of nitrogens with one attached hydrogen (secondary N) is 1. The van der Waals surface area contributed by atoms with Crippen LogP contribution in [-0.4, -0.2) is 28.9 Å². The predicted molar refractivity (Wildman–Crippen MR) is 99.8 cm³/mol. The van der Waals surface area contributed by atoms with Crippen LogP contribution in [0.3, 0.4) is 0 Å². The summed E-state index contributed by atoms with van der Waals surface area (Å²) in [5.74, 6) is -0.0600. The lowest BCUT2D eigenvalue weighted by Crippen LogP contribution is -2.29. The maximum absolute atomic E-state index is 12.2. The van der Waals surface area contributed by atoms with Crippen molar-refractivity contribution in [2.45, 2.75) is 39.2 Å². The van der Waals surface area contributed by atoms with Crippen molar-refractivity contribution < 1.29 is 4.79 Å². The zero-order chi connectivity index (χ0) is 16.9. The van der Waals surface area contributed by atoms with E-state index in [1.165, 1.54) is 19.3 Å². The van der Waals surface area contributed by atoms with Gasteiger partial charge in [0.2, 0.25) is 5.91 Å². The van der Waals surface area contributed by atoms with Gasteiger partial charge in [0.15, 0.2) is 0 Å². The highest BCUT2D eigenvalue weighted by Gasteiger charge is 2.14. The van der Waals surface area contributed by atoms with Gasteiger partial charge >= 0.3 is 0 Å². The number of benzene rings is 1. The number of hydrogen-bond acceptors (Lipinski definition) is 4. The molecule has 128 valence electrons. The van der Waals surface area contributed by atoms with Gasteiger partial charge in [0.25, 0.3) is 0 Å². The predicted octanol–water partition coefficient (Wildman–Crippen LogP) is 4.27. The zero-order valence-electron chi connectivity index (χ0n) is 13.8. The molecule has 0 unspecified atom stereocenters. The molecule has 0 aliphatic carbocycles. The van der Waals surface area contributed by atoms with Crippen molar-refractivity contribution in [3.63, 3.8) is 0 Å². The number of likely N-dealkylation sites (tertiary alicyclic amines) is 1. The van der Waals surface area contributed by atoms with E-state index in [-0.39, 0.29) is 5.91 Å². The fourth-order valence-electron chi connectivity index (χ4n) is 2.90. The van der Waals surface area contributed by atoms with E-state index < -0.39 is 0 Å². The highest BCUT2D eigenvalue weighted by Crippen LogP contribution is 2.21. The van der Waals surface area contributed by atoms with Crippen molar-refractivity contribution in [3.8, 4) is 0 Å². The Morgan fingerprint density at radius 1 is 1.33 bits per heavy atom. The minimum atomic E-state index is -0.0600. The van der Waals surface area contributed by atoms with Crippen molar-refractivity contribution in [2.75, 3.05) is 18.4 Å². The second-order valence-electron chi connectivity index (χ2n) is 6.25. The van der Waals surface area contributed by atoms with Crippen LogP contribution >= 0.6 is 22.9 Å². The lowest BCUT2D eigenvalue weighted by Gasteiger charge is -2.25. The van der Waals surface area contributed by atoms with Crippen LogP contribution < -0.4 is 5.32 Å². The van der Waals surface area contributed by atoms with Crippen molar-refractivity contribution in [1.29, 1.82) is 0 Å². The van der Waals surface area contributed by atoms with E-state index in [2.05, 4.69) is 15.2 Å². The van der Waals surface area contributed by atoms with Gasteiger partial charge in [-0.25, -0.2) is 4.98 Å². The van der Waals surface area contributed by atoms with Crippen LogP contribution in [0.2, 0.25) is 5.02 Å². The Bertz CT molecular complexity index is 710. The third kappa shape index (κ3) is 4.79. The molecule has 1 aliphatic rings. The number of amides is 1. The second-order valence-corrected chi connectivity index (χ2v) is 7.63. The fourth-order valence-corrected chi connectivity index (χ4v) is 3.91. The molecule has 1 aliphatic heterocycles. The third-order valence-electron chi connectivity index (χ3n) is 4.22. The average Bonchev–Trinajstić information content (AvgIpc) is 2.98. The van der Waals surface area contributed by atoms with Crippen LogP contribution in [0.1, 0.15) is 35.5 Å². The maximum atomic E-state index is 12.2. The molecule has 4 nitrogen and oxygen atoms in total. The summed E-state index contributed by atoms with van der Waals surface area (Å²) in [5.41, 5.74) is 2.59. The van der Waals surface area contributed by atoms with Crippen molar-refractivity contribution >= 4 is 34.5 Å². The van der Waals surface area contributed by atoms with Gasteiger partial charge in [0.1, 0.15) is 5.01 Å². The third-order valence-corrected chi connectivity index (χ3v) is 5.34. The molecule has 6 heteroatoms. The molecule has 1 amide bonds. The van der Waals surface area contributed by atoms with Gasteiger partial charge in [0, 0.05) is 16.1 Å². The Hall–Kier alpha value is -1.43. The van der Waals surface area contributed by atoms with Gasteiger partial charge in [-0.3, -0.25) is 9.69 Å². The summed E-state index contributed by atoms with van der Waals surface area (Å²) < 4.78 is 0. The summed E-state index contributed by atoms with van der Waals surface area (Å²) in [5, 5.41) is 6.63. The molecule has 1 fully saturated rings. The van der Waals surface area contributed by atoms with Crippen LogP contribution in [0.4, 0.5) is 5.69 Å². The smallest absolute Gasteiger partial charge is 0.230 e. The molecule has 2 heterocycles. The molecule has 0 radical (unpaired) electrons. The van der Waals surface area contributed by atoms with Crippen LogP contribution in [-0.2, 0) is 17.8 Å². The summed E-state index contributed by atoms with van der Waals surface area (Å²) in [4.78, 5) is 19.3. The molecule has 24 heavy (non-hydrogen) atoms. The zero-order valence-corrected chi connectivity index (χ0v) is 15.4. The summed E-state index contributed by atoms with van der Waals surface area (Å²) >= 11 is 7.63. The van der Waals surface area contributed by atoms with Gasteiger partial charge < -0.3 is 5.32 Å². The fraction of sp³-hybridized carbons (Fsp3) is 0.444. The topological polar surface area (TPSA) is 45.2 Å². The number of carbonyl (C=O) groups excluding carboxylic acids is 1. The number of nitrogens with zero attached hydrogens (tertiary/aromatic N) is 2. The molecule has 0 spiro atoms. The number of thiazole rings is 1. The number of piperidine rings is 1. The van der Waals surface area contributed by atoms with Gasteiger partial charge in [-0.1, -0.05) is 24.1 Å². The minimum absolute atomic E-state index is 0.0600. The van der Waals surface area contributed by atoms with Gasteiger partial charge in [-0.2, -0.15) is 0 Å². The number of aryl methyl sites for hydroxylation is 1. The summed E-state index contributed by atoms with van der Waals surface area (Å²) in [7, 11) is 0. The van der Waals surface area contributed by atoms with Crippen LogP contribution in [0.25, 0.3) is 0 Å². The van der Waals surface area contributed by atoms with Crippen molar-refractivity contribution in [2.24, 2.45) is 0 Å². The first kappa shape index (κ1) is 17.4. The standard InChI is InChI=1S/C18H22ClN3OS/c1-13-5-6-14(19)9-16(13)21-17(23)10-15-12-24-18(20-15)11-22-7-3-2-4-8-22/h5-6,9,12H,2-4,7-8,10-11H2,1H3,(H,21,23). The SMILES string of the molecule is Cc1ccc(Cl)cc1NC(=O)Cc1csc(CN2CCCCC2)n1. The number of halogens is 1. The van der Waals surface area contributed by atoms with Gasteiger partial charge in [-0.05, 0) is 50.6 Å². The highest BCUT2D eigenvalue weighted by atomic mass is 35.5. The molecule has 1 aromatic heterocycles. The lowest BCUT2D eigenvalue weighted by atomic mass is 10.1. The number of aromatic nitrogens is 1. The normalized spacial score (nSPS) is 15.4. The Kier molecular flexibility index (Phi) is 5.87. The van der Waals surface area contributed by atoms with E-state index in [0.29, 0.717) is 11.4 Å². The van der Waals surface area contributed by atoms with E-state index in [4.69, 9.17) is 11.6 Å². The van der Waals surface area contributed by atoms with E-state index in [9.17, 15) is 4.79 Å². The number of carbonyl (C=O) groups is 1. The second kappa shape index (κ2) is 8.10. The van der Waals surface area contributed by atoms with Crippen molar-refractivity contribution in [3.05, 3.63) is 44.9 Å². The maximum Gasteiger partial charge on any atom is 0.230 e. The first-order valence-electron chi connectivity index (χ1n) is 8.32. The summed E-state index contributed by atoms with van der Waals surface area (Å²) in [6, 6.07) is 5.50. The summed E-state index contributed by atoms with van der Waals surface area (Å²) in [6.07, 6.45) is 4.18. The molecule has 3 rings (SSSR count). The molecule has 0 saturated carbocycles. The number of rotatable bonds is 5. The highest BCUT2D eigenvalue weighted by molar-refractivity contribution is 7.09. The van der Waals surface area contributed by atoms with E-state index in [1.54, 1.807) is 17.4 Å². The molecule has 0 bridgehead atoms. The Morgan fingerprint density at radius 3 is 2.92 bits per heavy atom. The molecule has 1 aromatic carbocycles. The monoisotopic (exact) mass is 363 g/mol. The average molecular weight is 364 g/mol. The Labute approximate surface area is 151 Å². The molecule has 1 saturated heterocycles. The van der Waals surface area contributed by atoms with E-state index in [1.807, 2.05) is 24.4 Å². The molecular formula is C18H22ClN3OS. The molecule has 1 N–H and O–H groups in total. The largest absolute Gasteiger partial charge is 0.325 e. The quantitative estimate of drug-likeness (QED) is 0.862. The molecule has 2 aromatic rings. The molecule has 0 atom stereocenters. The van der Waals surface area contributed by atoms with Crippen LogP contribution in [0.5, 0.6) is 0 Å². The van der Waals surface area contributed by atoms with Crippen molar-refractivity contribution in [1.82, 2.24) is 9.88 Å². The first-order valence-corrected chi connectivity index (χ1v) is 9.57. The van der Waals surface area contributed by atoms with Crippen LogP contribution in [0.15, 0.2) is 23.6 Å². The van der Waals surface area contributed by atoms with Gasteiger partial charge in [0.05, 0.1) is 18.7 Å². The number of anilines is 1. The number of hydrogen-bond donors (Lipinski definition) is 1. The summed E-state index contributed by atoms with van der Waals surface area (Å²) in [6.45, 7) is 5.16.